The molecule has 2 heterocycles. The molecule has 1 aliphatic heterocycles. The van der Waals surface area contributed by atoms with Crippen LogP contribution in [0.1, 0.15) is 12.8 Å². The molecule has 1 aliphatic rings. The van der Waals surface area contributed by atoms with Crippen molar-refractivity contribution in [1.82, 2.24) is 9.55 Å². The number of ether oxygens (including phenoxy) is 2. The van der Waals surface area contributed by atoms with Gasteiger partial charge in [0.15, 0.2) is 0 Å². The van der Waals surface area contributed by atoms with Crippen molar-refractivity contribution < 1.29 is 9.47 Å². The van der Waals surface area contributed by atoms with Crippen molar-refractivity contribution in [2.75, 3.05) is 20.3 Å². The molecule has 5 heteroatoms. The molecule has 0 spiro atoms. The second-order valence-electron chi connectivity index (χ2n) is 5.17. The van der Waals surface area contributed by atoms with E-state index in [-0.39, 0.29) is 5.56 Å². The fourth-order valence-corrected chi connectivity index (χ4v) is 2.62. The van der Waals surface area contributed by atoms with Crippen LogP contribution in [0.15, 0.2) is 29.3 Å². The van der Waals surface area contributed by atoms with Crippen molar-refractivity contribution in [3.8, 4) is 5.75 Å². The summed E-state index contributed by atoms with van der Waals surface area (Å²) in [4.78, 5) is 16.8. The summed E-state index contributed by atoms with van der Waals surface area (Å²) in [5.74, 6) is 1.07. The Kier molecular flexibility index (Phi) is 3.69. The van der Waals surface area contributed by atoms with E-state index in [4.69, 9.17) is 9.47 Å². The Morgan fingerprint density at radius 3 is 3.15 bits per heavy atom. The van der Waals surface area contributed by atoms with Crippen molar-refractivity contribution in [3.63, 3.8) is 0 Å². The van der Waals surface area contributed by atoms with E-state index in [1.807, 2.05) is 12.1 Å². The van der Waals surface area contributed by atoms with Gasteiger partial charge in [-0.1, -0.05) is 0 Å². The van der Waals surface area contributed by atoms with E-state index >= 15 is 0 Å². The van der Waals surface area contributed by atoms with Crippen LogP contribution in [0.5, 0.6) is 5.75 Å². The Morgan fingerprint density at radius 2 is 2.40 bits per heavy atom. The number of nitrogens with zero attached hydrogens (tertiary/aromatic N) is 2. The van der Waals surface area contributed by atoms with Crippen molar-refractivity contribution in [2.24, 2.45) is 5.92 Å². The molecule has 106 valence electrons. The molecule has 0 N–H and O–H groups in total. The van der Waals surface area contributed by atoms with Gasteiger partial charge in [0, 0.05) is 19.1 Å². The zero-order chi connectivity index (χ0) is 13.9. The molecule has 1 saturated heterocycles. The number of fused-ring (bicyclic) bond motifs is 1. The quantitative estimate of drug-likeness (QED) is 0.857. The molecule has 0 amide bonds. The average Bonchev–Trinajstić information content (AvgIpc) is 2.51. The summed E-state index contributed by atoms with van der Waals surface area (Å²) in [6.07, 6.45) is 3.79. The third-order valence-electron chi connectivity index (χ3n) is 3.74. The molecule has 0 bridgehead atoms. The first kappa shape index (κ1) is 13.1. The number of methoxy groups -OCH3 is 1. The molecule has 0 aliphatic carbocycles. The minimum atomic E-state index is -0.0144. The van der Waals surface area contributed by atoms with Crippen LogP contribution in [0.2, 0.25) is 0 Å². The van der Waals surface area contributed by atoms with Gasteiger partial charge in [-0.2, -0.15) is 0 Å². The average molecular weight is 274 g/mol. The summed E-state index contributed by atoms with van der Waals surface area (Å²) in [6.45, 7) is 2.22. The maximum atomic E-state index is 12.5. The first-order chi connectivity index (χ1) is 9.78. The molecule has 1 atom stereocenters. The van der Waals surface area contributed by atoms with Gasteiger partial charge in [-0.15, -0.1) is 0 Å². The summed E-state index contributed by atoms with van der Waals surface area (Å²) in [6, 6.07) is 5.37. The smallest absolute Gasteiger partial charge is 0.261 e. The third kappa shape index (κ3) is 2.54. The van der Waals surface area contributed by atoms with Crippen molar-refractivity contribution in [1.29, 1.82) is 0 Å². The largest absolute Gasteiger partial charge is 0.497 e. The fraction of sp³-hybridized carbons (Fsp3) is 0.467. The molecule has 0 radical (unpaired) electrons. The van der Waals surface area contributed by atoms with Crippen molar-refractivity contribution in [3.05, 3.63) is 34.9 Å². The molecule has 0 saturated carbocycles. The van der Waals surface area contributed by atoms with Gasteiger partial charge < -0.3 is 9.47 Å². The van der Waals surface area contributed by atoms with E-state index < -0.39 is 0 Å². The van der Waals surface area contributed by atoms with E-state index in [9.17, 15) is 4.79 Å². The van der Waals surface area contributed by atoms with E-state index in [1.54, 1.807) is 24.1 Å². The Labute approximate surface area is 117 Å². The molecule has 1 aromatic heterocycles. The normalized spacial score (nSPS) is 19.1. The van der Waals surface area contributed by atoms with Crippen LogP contribution in [-0.4, -0.2) is 29.9 Å². The molecule has 2 aromatic rings. The lowest BCUT2D eigenvalue weighted by Gasteiger charge is -2.22. The van der Waals surface area contributed by atoms with Crippen LogP contribution in [0.25, 0.3) is 10.9 Å². The highest BCUT2D eigenvalue weighted by Gasteiger charge is 2.16. The maximum Gasteiger partial charge on any atom is 0.261 e. The van der Waals surface area contributed by atoms with Crippen molar-refractivity contribution >= 4 is 10.9 Å². The number of aromatic nitrogens is 2. The van der Waals surface area contributed by atoms with Gasteiger partial charge in [0.25, 0.3) is 5.56 Å². The Hall–Kier alpha value is -1.88. The van der Waals surface area contributed by atoms with Crippen LogP contribution in [0.3, 0.4) is 0 Å². The lowest BCUT2D eigenvalue weighted by atomic mass is 10.0. The highest BCUT2D eigenvalue weighted by molar-refractivity contribution is 5.78. The zero-order valence-electron chi connectivity index (χ0n) is 11.5. The predicted octanol–water partition coefficient (Wildman–Crippen LogP) is 1.83. The molecule has 0 unspecified atom stereocenters. The number of hydrogen-bond acceptors (Lipinski definition) is 4. The summed E-state index contributed by atoms with van der Waals surface area (Å²) in [5, 5.41) is 0.601. The molecular formula is C15H18N2O3. The lowest BCUT2D eigenvalue weighted by molar-refractivity contribution is 0.0479. The molecule has 3 rings (SSSR count). The zero-order valence-corrected chi connectivity index (χ0v) is 11.5. The Morgan fingerprint density at radius 1 is 1.50 bits per heavy atom. The van der Waals surface area contributed by atoms with E-state index in [0.717, 1.165) is 26.1 Å². The lowest BCUT2D eigenvalue weighted by Crippen LogP contribution is -2.28. The summed E-state index contributed by atoms with van der Waals surface area (Å²) in [5.41, 5.74) is 0.686. The van der Waals surface area contributed by atoms with E-state index in [0.29, 0.717) is 29.1 Å². The minimum absolute atomic E-state index is 0.0144. The summed E-state index contributed by atoms with van der Waals surface area (Å²) in [7, 11) is 1.59. The summed E-state index contributed by atoms with van der Waals surface area (Å²) < 4.78 is 12.3. The predicted molar refractivity (Wildman–Crippen MR) is 76.1 cm³/mol. The molecule has 1 fully saturated rings. The van der Waals surface area contributed by atoms with Crippen LogP contribution < -0.4 is 10.3 Å². The van der Waals surface area contributed by atoms with Crippen LogP contribution in [0, 0.1) is 5.92 Å². The minimum Gasteiger partial charge on any atom is -0.497 e. The van der Waals surface area contributed by atoms with Crippen molar-refractivity contribution in [2.45, 2.75) is 19.4 Å². The van der Waals surface area contributed by atoms with E-state index in [1.165, 1.54) is 0 Å². The topological polar surface area (TPSA) is 53.4 Å². The first-order valence-corrected chi connectivity index (χ1v) is 6.89. The highest BCUT2D eigenvalue weighted by Crippen LogP contribution is 2.18. The second kappa shape index (κ2) is 5.63. The molecule has 1 aromatic carbocycles. The summed E-state index contributed by atoms with van der Waals surface area (Å²) >= 11 is 0. The number of hydrogen-bond donors (Lipinski definition) is 0. The van der Waals surface area contributed by atoms with Gasteiger partial charge in [-0.25, -0.2) is 4.98 Å². The van der Waals surface area contributed by atoms with Crippen LogP contribution in [-0.2, 0) is 11.3 Å². The van der Waals surface area contributed by atoms with Gasteiger partial charge >= 0.3 is 0 Å². The molecular weight excluding hydrogens is 256 g/mol. The maximum absolute atomic E-state index is 12.5. The Bertz CT molecular complexity index is 660. The monoisotopic (exact) mass is 274 g/mol. The van der Waals surface area contributed by atoms with Crippen LogP contribution in [0.4, 0.5) is 0 Å². The van der Waals surface area contributed by atoms with Gasteiger partial charge in [-0.05, 0) is 31.0 Å². The SMILES string of the molecule is COc1ccc2ncn(C[C@H]3CCCOC3)c(=O)c2c1. The number of benzene rings is 1. The standard InChI is InChI=1S/C15H18N2O3/c1-19-12-4-5-14-13(7-12)15(18)17(10-16-14)8-11-3-2-6-20-9-11/h4-5,7,10-11H,2-3,6,8-9H2,1H3/t11-/m1/s1. The fourth-order valence-electron chi connectivity index (χ4n) is 2.62. The Balaban J connectivity index is 1.95. The van der Waals surface area contributed by atoms with Crippen LogP contribution >= 0.6 is 0 Å². The first-order valence-electron chi connectivity index (χ1n) is 6.89. The van der Waals surface area contributed by atoms with E-state index in [2.05, 4.69) is 4.98 Å². The number of rotatable bonds is 3. The van der Waals surface area contributed by atoms with Gasteiger partial charge in [0.05, 0.1) is 30.9 Å². The highest BCUT2D eigenvalue weighted by atomic mass is 16.5. The third-order valence-corrected chi connectivity index (χ3v) is 3.74. The second-order valence-corrected chi connectivity index (χ2v) is 5.17. The molecule has 20 heavy (non-hydrogen) atoms. The van der Waals surface area contributed by atoms with Gasteiger partial charge in [-0.3, -0.25) is 9.36 Å². The van der Waals surface area contributed by atoms with Gasteiger partial charge in [0.2, 0.25) is 0 Å². The van der Waals surface area contributed by atoms with Gasteiger partial charge in [0.1, 0.15) is 5.75 Å². The molecule has 5 nitrogen and oxygen atoms in total.